The van der Waals surface area contributed by atoms with E-state index in [1.165, 1.54) is 11.3 Å². The first-order chi connectivity index (χ1) is 12.8. The van der Waals surface area contributed by atoms with Gasteiger partial charge in [-0.05, 0) is 58.6 Å². The second-order valence-electron chi connectivity index (χ2n) is 6.76. The summed E-state index contributed by atoms with van der Waals surface area (Å²) in [4.78, 5) is 21.9. The summed E-state index contributed by atoms with van der Waals surface area (Å²) in [6.07, 6.45) is 0. The molecule has 6 nitrogen and oxygen atoms in total. The molecule has 1 amide bonds. The van der Waals surface area contributed by atoms with Crippen LogP contribution in [0.2, 0.25) is 5.02 Å². The summed E-state index contributed by atoms with van der Waals surface area (Å²) >= 11 is 7.76. The molecular formula is C19H24ClN5OS. The van der Waals surface area contributed by atoms with Gasteiger partial charge in [-0.25, -0.2) is 4.98 Å². The first-order valence-corrected chi connectivity index (χ1v) is 10.1. The largest absolute Gasteiger partial charge is 0.308 e. The van der Waals surface area contributed by atoms with Crippen LogP contribution in [0.25, 0.3) is 10.2 Å². The Bertz CT molecular complexity index is 978. The Morgan fingerprint density at radius 3 is 2.67 bits per heavy atom. The minimum absolute atomic E-state index is 0.0814. The van der Waals surface area contributed by atoms with Crippen LogP contribution in [0.4, 0.5) is 5.13 Å². The summed E-state index contributed by atoms with van der Waals surface area (Å²) < 4.78 is 2.77. The highest BCUT2D eigenvalue weighted by molar-refractivity contribution is 7.22. The number of benzene rings is 1. The minimum atomic E-state index is -0.0814. The van der Waals surface area contributed by atoms with Crippen LogP contribution in [0.15, 0.2) is 18.2 Å². The summed E-state index contributed by atoms with van der Waals surface area (Å²) in [5.41, 5.74) is 3.21. The van der Waals surface area contributed by atoms with Crippen molar-refractivity contribution in [1.29, 1.82) is 0 Å². The predicted molar refractivity (Wildman–Crippen MR) is 112 cm³/mol. The number of hydrogen-bond donors (Lipinski definition) is 0. The summed E-state index contributed by atoms with van der Waals surface area (Å²) in [6.45, 7) is 7.76. The average molecular weight is 406 g/mol. The first kappa shape index (κ1) is 19.8. The van der Waals surface area contributed by atoms with E-state index in [-0.39, 0.29) is 5.91 Å². The van der Waals surface area contributed by atoms with E-state index in [0.29, 0.717) is 28.9 Å². The van der Waals surface area contributed by atoms with E-state index < -0.39 is 0 Å². The van der Waals surface area contributed by atoms with Gasteiger partial charge in [0.05, 0.1) is 15.9 Å². The van der Waals surface area contributed by atoms with Gasteiger partial charge in [-0.2, -0.15) is 5.10 Å². The molecule has 0 bridgehead atoms. The Labute approximate surface area is 168 Å². The molecule has 0 radical (unpaired) electrons. The SMILES string of the molecule is CCn1nc(C)cc1C(=O)N(CCN(C)C)c1nc2c(C)c(Cl)ccc2s1. The number of halogens is 1. The lowest BCUT2D eigenvalue weighted by molar-refractivity contribution is 0.0975. The van der Waals surface area contributed by atoms with Gasteiger partial charge in [-0.15, -0.1) is 0 Å². The van der Waals surface area contributed by atoms with Crippen LogP contribution < -0.4 is 4.90 Å². The zero-order valence-corrected chi connectivity index (χ0v) is 17.9. The van der Waals surface area contributed by atoms with Crippen molar-refractivity contribution in [2.75, 3.05) is 32.1 Å². The maximum Gasteiger partial charge on any atom is 0.278 e. The van der Waals surface area contributed by atoms with Crippen molar-refractivity contribution in [3.63, 3.8) is 0 Å². The molecule has 0 atom stereocenters. The quantitative estimate of drug-likeness (QED) is 0.622. The molecule has 0 spiro atoms. The first-order valence-electron chi connectivity index (χ1n) is 8.88. The fourth-order valence-electron chi connectivity index (χ4n) is 2.89. The Kier molecular flexibility index (Phi) is 5.83. The number of fused-ring (bicyclic) bond motifs is 1. The molecule has 3 aromatic rings. The van der Waals surface area contributed by atoms with Crippen LogP contribution in [0, 0.1) is 13.8 Å². The van der Waals surface area contributed by atoms with Gasteiger partial charge in [0, 0.05) is 24.7 Å². The van der Waals surface area contributed by atoms with E-state index in [1.807, 2.05) is 53.1 Å². The summed E-state index contributed by atoms with van der Waals surface area (Å²) in [6, 6.07) is 5.67. The summed E-state index contributed by atoms with van der Waals surface area (Å²) in [7, 11) is 3.98. The second-order valence-corrected chi connectivity index (χ2v) is 8.18. The molecule has 0 saturated carbocycles. The monoisotopic (exact) mass is 405 g/mol. The number of anilines is 1. The minimum Gasteiger partial charge on any atom is -0.308 e. The van der Waals surface area contributed by atoms with Gasteiger partial charge in [0.15, 0.2) is 5.13 Å². The third-order valence-electron chi connectivity index (χ3n) is 4.40. The van der Waals surface area contributed by atoms with Crippen molar-refractivity contribution >= 4 is 44.2 Å². The Morgan fingerprint density at radius 2 is 2.00 bits per heavy atom. The Hall–Kier alpha value is -1.96. The zero-order chi connectivity index (χ0) is 19.7. The lowest BCUT2D eigenvalue weighted by atomic mass is 10.2. The second kappa shape index (κ2) is 7.96. The number of amides is 1. The van der Waals surface area contributed by atoms with Crippen molar-refractivity contribution in [2.24, 2.45) is 0 Å². The number of carbonyl (C=O) groups is 1. The smallest absolute Gasteiger partial charge is 0.278 e. The van der Waals surface area contributed by atoms with Crippen LogP contribution in [0.1, 0.15) is 28.7 Å². The van der Waals surface area contributed by atoms with Crippen molar-refractivity contribution in [1.82, 2.24) is 19.7 Å². The van der Waals surface area contributed by atoms with Crippen LogP contribution in [0.3, 0.4) is 0 Å². The lowest BCUT2D eigenvalue weighted by Gasteiger charge is -2.22. The van der Waals surface area contributed by atoms with E-state index >= 15 is 0 Å². The predicted octanol–water partition coefficient (Wildman–Crippen LogP) is 3.99. The highest BCUT2D eigenvalue weighted by atomic mass is 35.5. The molecule has 0 unspecified atom stereocenters. The van der Waals surface area contributed by atoms with E-state index in [1.54, 1.807) is 9.58 Å². The van der Waals surface area contributed by atoms with Crippen molar-refractivity contribution in [3.05, 3.63) is 40.2 Å². The molecule has 0 saturated heterocycles. The number of rotatable bonds is 6. The Morgan fingerprint density at radius 1 is 1.26 bits per heavy atom. The van der Waals surface area contributed by atoms with Gasteiger partial charge in [0.1, 0.15) is 5.69 Å². The fraction of sp³-hybridized carbons (Fsp3) is 0.421. The normalized spacial score (nSPS) is 11.5. The molecule has 8 heteroatoms. The third-order valence-corrected chi connectivity index (χ3v) is 5.86. The zero-order valence-electron chi connectivity index (χ0n) is 16.3. The van der Waals surface area contributed by atoms with Crippen LogP contribution in [0.5, 0.6) is 0 Å². The lowest BCUT2D eigenvalue weighted by Crippen LogP contribution is -2.37. The maximum absolute atomic E-state index is 13.4. The van der Waals surface area contributed by atoms with Crippen molar-refractivity contribution < 1.29 is 4.79 Å². The summed E-state index contributed by atoms with van der Waals surface area (Å²) in [5, 5.41) is 5.78. The van der Waals surface area contributed by atoms with Gasteiger partial charge in [0.2, 0.25) is 0 Å². The van der Waals surface area contributed by atoms with Gasteiger partial charge in [0.25, 0.3) is 5.91 Å². The van der Waals surface area contributed by atoms with E-state index in [2.05, 4.69) is 10.00 Å². The standard InChI is InChI=1S/C19H24ClN5OS/c1-6-25-15(11-12(2)22-25)18(26)24(10-9-23(4)5)19-21-17-13(3)14(20)7-8-16(17)27-19/h7-8,11H,6,9-10H2,1-5H3. The van der Waals surface area contributed by atoms with Crippen LogP contribution >= 0.6 is 22.9 Å². The maximum atomic E-state index is 13.4. The number of carbonyl (C=O) groups excluding carboxylic acids is 1. The molecule has 27 heavy (non-hydrogen) atoms. The molecule has 0 N–H and O–H groups in total. The molecule has 144 valence electrons. The fourth-order valence-corrected chi connectivity index (χ4v) is 4.09. The van der Waals surface area contributed by atoms with E-state index in [4.69, 9.17) is 16.6 Å². The van der Waals surface area contributed by atoms with Gasteiger partial charge in [-0.1, -0.05) is 22.9 Å². The number of aryl methyl sites for hydroxylation is 3. The molecule has 1 aromatic carbocycles. The molecule has 0 aliphatic rings. The number of nitrogens with zero attached hydrogens (tertiary/aromatic N) is 5. The number of thiazole rings is 1. The van der Waals surface area contributed by atoms with Gasteiger partial charge < -0.3 is 4.90 Å². The summed E-state index contributed by atoms with van der Waals surface area (Å²) in [5.74, 6) is -0.0814. The molecule has 3 rings (SSSR count). The van der Waals surface area contributed by atoms with E-state index in [9.17, 15) is 4.79 Å². The average Bonchev–Trinajstić information content (AvgIpc) is 3.21. The van der Waals surface area contributed by atoms with Crippen molar-refractivity contribution in [2.45, 2.75) is 27.3 Å². The molecule has 2 heterocycles. The van der Waals surface area contributed by atoms with Gasteiger partial charge >= 0.3 is 0 Å². The molecule has 0 aliphatic heterocycles. The molecule has 0 aliphatic carbocycles. The third kappa shape index (κ3) is 4.00. The van der Waals surface area contributed by atoms with Gasteiger partial charge in [-0.3, -0.25) is 14.4 Å². The number of hydrogen-bond acceptors (Lipinski definition) is 5. The molecule has 2 aromatic heterocycles. The molecule has 0 fully saturated rings. The van der Waals surface area contributed by atoms with Crippen LogP contribution in [-0.2, 0) is 6.54 Å². The number of aromatic nitrogens is 3. The Balaban J connectivity index is 2.05. The highest BCUT2D eigenvalue weighted by Gasteiger charge is 2.25. The molecular weight excluding hydrogens is 382 g/mol. The van der Waals surface area contributed by atoms with E-state index in [0.717, 1.165) is 28.0 Å². The van der Waals surface area contributed by atoms with Crippen LogP contribution in [-0.4, -0.2) is 52.8 Å². The topological polar surface area (TPSA) is 54.3 Å². The number of likely N-dealkylation sites (N-methyl/N-ethyl adjacent to an activating group) is 1. The van der Waals surface area contributed by atoms with Crippen molar-refractivity contribution in [3.8, 4) is 0 Å². The highest BCUT2D eigenvalue weighted by Crippen LogP contribution is 2.34.